The summed E-state index contributed by atoms with van der Waals surface area (Å²) in [7, 11) is 0. The first kappa shape index (κ1) is 12.8. The quantitative estimate of drug-likeness (QED) is 0.797. The molecule has 2 rings (SSSR count). The van der Waals surface area contributed by atoms with Gasteiger partial charge in [-0.2, -0.15) is 0 Å². The first-order chi connectivity index (χ1) is 8.19. The molecule has 0 fully saturated rings. The smallest absolute Gasteiger partial charge is 0.133 e. The second kappa shape index (κ2) is 5.80. The maximum Gasteiger partial charge on any atom is 0.133 e. The molecule has 3 nitrogen and oxygen atoms in total. The SMILES string of the molecule is CCc1nc(Cl)cc(Sc2ncccc2Br)n1. The molecule has 0 aliphatic rings. The van der Waals surface area contributed by atoms with Crippen LogP contribution in [0.3, 0.4) is 0 Å². The van der Waals surface area contributed by atoms with E-state index in [1.54, 1.807) is 12.3 Å². The molecule has 0 saturated heterocycles. The number of pyridine rings is 1. The summed E-state index contributed by atoms with van der Waals surface area (Å²) >= 11 is 10.9. The van der Waals surface area contributed by atoms with E-state index in [0.29, 0.717) is 5.15 Å². The number of hydrogen-bond acceptors (Lipinski definition) is 4. The lowest BCUT2D eigenvalue weighted by Gasteiger charge is -2.04. The van der Waals surface area contributed by atoms with Crippen LogP contribution in [0.4, 0.5) is 0 Å². The van der Waals surface area contributed by atoms with Crippen LogP contribution in [0.15, 0.2) is 38.9 Å². The summed E-state index contributed by atoms with van der Waals surface area (Å²) in [6.45, 7) is 2.00. The van der Waals surface area contributed by atoms with Gasteiger partial charge in [0.2, 0.25) is 0 Å². The van der Waals surface area contributed by atoms with Gasteiger partial charge in [0.25, 0.3) is 0 Å². The molecule has 0 spiro atoms. The van der Waals surface area contributed by atoms with Crippen LogP contribution in [0.25, 0.3) is 0 Å². The summed E-state index contributed by atoms with van der Waals surface area (Å²) in [5, 5.41) is 2.14. The molecule has 2 aromatic heterocycles. The molecule has 0 N–H and O–H groups in total. The van der Waals surface area contributed by atoms with E-state index in [1.807, 2.05) is 19.1 Å². The topological polar surface area (TPSA) is 38.7 Å². The summed E-state index contributed by atoms with van der Waals surface area (Å²) in [5.74, 6) is 0.743. The highest BCUT2D eigenvalue weighted by Crippen LogP contribution is 2.31. The van der Waals surface area contributed by atoms with Crippen LogP contribution < -0.4 is 0 Å². The van der Waals surface area contributed by atoms with Crippen molar-refractivity contribution < 1.29 is 0 Å². The predicted octanol–water partition coefficient (Wildman–Crippen LogP) is 4.00. The Morgan fingerprint density at radius 1 is 1.41 bits per heavy atom. The van der Waals surface area contributed by atoms with E-state index >= 15 is 0 Å². The van der Waals surface area contributed by atoms with Crippen molar-refractivity contribution in [3.8, 4) is 0 Å². The molecule has 0 aromatic carbocycles. The standard InChI is InChI=1S/C11H9BrClN3S/c1-2-9-15-8(13)6-10(16-9)17-11-7(12)4-3-5-14-11/h3-6H,2H2,1H3. The highest BCUT2D eigenvalue weighted by atomic mass is 79.9. The van der Waals surface area contributed by atoms with Gasteiger partial charge < -0.3 is 0 Å². The van der Waals surface area contributed by atoms with Crippen LogP contribution in [-0.4, -0.2) is 15.0 Å². The number of aryl methyl sites for hydroxylation is 1. The average Bonchev–Trinajstić information content (AvgIpc) is 2.31. The zero-order valence-corrected chi connectivity index (χ0v) is 12.2. The van der Waals surface area contributed by atoms with Gasteiger partial charge in [-0.15, -0.1) is 0 Å². The number of halogens is 2. The highest BCUT2D eigenvalue weighted by molar-refractivity contribution is 9.10. The van der Waals surface area contributed by atoms with E-state index < -0.39 is 0 Å². The number of hydrogen-bond donors (Lipinski definition) is 0. The summed E-state index contributed by atoms with van der Waals surface area (Å²) in [6.07, 6.45) is 2.51. The first-order valence-corrected chi connectivity index (χ1v) is 6.99. The Bertz CT molecular complexity index is 536. The maximum absolute atomic E-state index is 5.94. The molecule has 0 aliphatic heterocycles. The van der Waals surface area contributed by atoms with Crippen LogP contribution in [0.5, 0.6) is 0 Å². The van der Waals surface area contributed by atoms with Gasteiger partial charge in [-0.3, -0.25) is 0 Å². The van der Waals surface area contributed by atoms with Crippen LogP contribution >= 0.6 is 39.3 Å². The van der Waals surface area contributed by atoms with Gasteiger partial charge in [0, 0.05) is 18.7 Å². The molecule has 0 aliphatic carbocycles. The Kier molecular flexibility index (Phi) is 4.36. The Hall–Kier alpha value is -0.650. The van der Waals surface area contributed by atoms with Crippen LogP contribution in [0.1, 0.15) is 12.7 Å². The zero-order chi connectivity index (χ0) is 12.3. The van der Waals surface area contributed by atoms with E-state index in [4.69, 9.17) is 11.6 Å². The Labute approximate surface area is 117 Å². The van der Waals surface area contributed by atoms with E-state index in [2.05, 4.69) is 30.9 Å². The lowest BCUT2D eigenvalue weighted by atomic mass is 10.4. The molecule has 2 aromatic rings. The van der Waals surface area contributed by atoms with Crippen molar-refractivity contribution in [2.75, 3.05) is 0 Å². The first-order valence-electron chi connectivity index (χ1n) is 5.01. The van der Waals surface area contributed by atoms with Crippen LogP contribution in [0, 0.1) is 0 Å². The molecule has 17 heavy (non-hydrogen) atoms. The minimum Gasteiger partial charge on any atom is -0.248 e. The van der Waals surface area contributed by atoms with Crippen molar-refractivity contribution in [3.05, 3.63) is 39.8 Å². The fraction of sp³-hybridized carbons (Fsp3) is 0.182. The summed E-state index contributed by atoms with van der Waals surface area (Å²) in [4.78, 5) is 12.8. The third-order valence-corrected chi connectivity index (χ3v) is 3.99. The second-order valence-electron chi connectivity index (χ2n) is 3.19. The molecule has 2 heterocycles. The molecular weight excluding hydrogens is 322 g/mol. The van der Waals surface area contributed by atoms with Gasteiger partial charge >= 0.3 is 0 Å². The second-order valence-corrected chi connectivity index (χ2v) is 5.44. The summed E-state index contributed by atoms with van der Waals surface area (Å²) < 4.78 is 0.942. The van der Waals surface area contributed by atoms with E-state index in [-0.39, 0.29) is 0 Å². The minimum atomic E-state index is 0.464. The Morgan fingerprint density at radius 3 is 2.94 bits per heavy atom. The van der Waals surface area contributed by atoms with Gasteiger partial charge in [-0.1, -0.05) is 18.5 Å². The molecule has 0 unspecified atom stereocenters. The van der Waals surface area contributed by atoms with Crippen molar-refractivity contribution in [1.82, 2.24) is 15.0 Å². The molecule has 6 heteroatoms. The third-order valence-electron chi connectivity index (χ3n) is 1.96. The third kappa shape index (κ3) is 3.40. The van der Waals surface area contributed by atoms with E-state index in [0.717, 1.165) is 26.8 Å². The molecule has 0 radical (unpaired) electrons. The Morgan fingerprint density at radius 2 is 2.24 bits per heavy atom. The van der Waals surface area contributed by atoms with Gasteiger partial charge in [0.05, 0.1) is 4.47 Å². The summed E-state index contributed by atoms with van der Waals surface area (Å²) in [5.41, 5.74) is 0. The van der Waals surface area contributed by atoms with Crippen LogP contribution in [0.2, 0.25) is 5.15 Å². The normalized spacial score (nSPS) is 10.5. The molecule has 88 valence electrons. The number of rotatable bonds is 3. The van der Waals surface area contributed by atoms with Gasteiger partial charge in [0.1, 0.15) is 21.0 Å². The largest absolute Gasteiger partial charge is 0.248 e. The van der Waals surface area contributed by atoms with Crippen molar-refractivity contribution in [1.29, 1.82) is 0 Å². The summed E-state index contributed by atoms with van der Waals surface area (Å²) in [6, 6.07) is 5.56. The lowest BCUT2D eigenvalue weighted by molar-refractivity contribution is 0.887. The molecule has 0 atom stereocenters. The fourth-order valence-corrected chi connectivity index (χ4v) is 2.76. The molecular formula is C11H9BrClN3S. The highest BCUT2D eigenvalue weighted by Gasteiger charge is 2.07. The molecule has 0 saturated carbocycles. The average molecular weight is 331 g/mol. The fourth-order valence-electron chi connectivity index (χ4n) is 1.20. The van der Waals surface area contributed by atoms with Gasteiger partial charge in [-0.25, -0.2) is 15.0 Å². The number of nitrogens with zero attached hydrogens (tertiary/aromatic N) is 3. The van der Waals surface area contributed by atoms with Crippen molar-refractivity contribution in [2.45, 2.75) is 23.4 Å². The van der Waals surface area contributed by atoms with E-state index in [9.17, 15) is 0 Å². The van der Waals surface area contributed by atoms with Gasteiger partial charge in [-0.05, 0) is 39.8 Å². The zero-order valence-electron chi connectivity index (χ0n) is 9.02. The van der Waals surface area contributed by atoms with Crippen LogP contribution in [-0.2, 0) is 6.42 Å². The molecule has 0 amide bonds. The molecule has 0 bridgehead atoms. The monoisotopic (exact) mass is 329 g/mol. The lowest BCUT2D eigenvalue weighted by Crippen LogP contribution is -1.94. The predicted molar refractivity (Wildman–Crippen MR) is 72.5 cm³/mol. The van der Waals surface area contributed by atoms with Crippen molar-refractivity contribution in [2.24, 2.45) is 0 Å². The number of aromatic nitrogens is 3. The van der Waals surface area contributed by atoms with Crippen molar-refractivity contribution in [3.63, 3.8) is 0 Å². The minimum absolute atomic E-state index is 0.464. The van der Waals surface area contributed by atoms with Gasteiger partial charge in [0.15, 0.2) is 0 Å². The van der Waals surface area contributed by atoms with E-state index in [1.165, 1.54) is 11.8 Å². The van der Waals surface area contributed by atoms with Crippen molar-refractivity contribution >= 4 is 39.3 Å². The maximum atomic E-state index is 5.94. The Balaban J connectivity index is 2.30.